The van der Waals surface area contributed by atoms with Gasteiger partial charge in [0.15, 0.2) is 5.96 Å². The molecular formula is C14H29N3O4. The highest BCUT2D eigenvalue weighted by atomic mass is 16.6. The lowest BCUT2D eigenvalue weighted by molar-refractivity contribution is -0.153. The SMILES string of the molecule is CN=C(NCCCOCCOC)NCC(=O)OC(C)(C)C. The zero-order valence-electron chi connectivity index (χ0n) is 13.8. The fourth-order valence-electron chi connectivity index (χ4n) is 1.38. The third kappa shape index (κ3) is 13.4. The van der Waals surface area contributed by atoms with Gasteiger partial charge in [-0.1, -0.05) is 0 Å². The van der Waals surface area contributed by atoms with Gasteiger partial charge in [-0.05, 0) is 27.2 Å². The smallest absolute Gasteiger partial charge is 0.325 e. The van der Waals surface area contributed by atoms with Gasteiger partial charge in [0.25, 0.3) is 0 Å². The van der Waals surface area contributed by atoms with E-state index in [2.05, 4.69) is 15.6 Å². The van der Waals surface area contributed by atoms with Gasteiger partial charge >= 0.3 is 5.97 Å². The Hall–Kier alpha value is -1.34. The number of nitrogens with one attached hydrogen (secondary N) is 2. The average Bonchev–Trinajstić information content (AvgIpc) is 2.39. The van der Waals surface area contributed by atoms with Crippen LogP contribution in [0.4, 0.5) is 0 Å². The molecule has 0 aliphatic rings. The molecule has 21 heavy (non-hydrogen) atoms. The van der Waals surface area contributed by atoms with Crippen molar-refractivity contribution in [2.45, 2.75) is 32.8 Å². The molecule has 0 heterocycles. The Labute approximate surface area is 127 Å². The summed E-state index contributed by atoms with van der Waals surface area (Å²) in [5, 5.41) is 6.00. The molecule has 0 saturated carbocycles. The number of guanidine groups is 1. The highest BCUT2D eigenvalue weighted by Gasteiger charge is 2.16. The van der Waals surface area contributed by atoms with Gasteiger partial charge in [0, 0.05) is 27.3 Å². The molecule has 2 N–H and O–H groups in total. The summed E-state index contributed by atoms with van der Waals surface area (Å²) in [6.07, 6.45) is 0.844. The Bertz CT molecular complexity index is 314. The highest BCUT2D eigenvalue weighted by molar-refractivity contribution is 5.84. The molecule has 0 aromatic carbocycles. The second-order valence-electron chi connectivity index (χ2n) is 5.40. The molecule has 0 fully saturated rings. The molecule has 7 nitrogen and oxygen atoms in total. The molecule has 0 amide bonds. The van der Waals surface area contributed by atoms with Gasteiger partial charge in [0.1, 0.15) is 12.1 Å². The lowest BCUT2D eigenvalue weighted by Crippen LogP contribution is -2.42. The van der Waals surface area contributed by atoms with Crippen molar-refractivity contribution in [2.24, 2.45) is 4.99 Å². The summed E-state index contributed by atoms with van der Waals surface area (Å²) in [6, 6.07) is 0. The summed E-state index contributed by atoms with van der Waals surface area (Å²) in [7, 11) is 3.30. The molecule has 0 atom stereocenters. The second kappa shape index (κ2) is 11.3. The van der Waals surface area contributed by atoms with E-state index in [0.29, 0.717) is 32.3 Å². The highest BCUT2D eigenvalue weighted by Crippen LogP contribution is 2.05. The maximum atomic E-state index is 11.6. The number of carbonyl (C=O) groups excluding carboxylic acids is 1. The van der Waals surface area contributed by atoms with Crippen molar-refractivity contribution >= 4 is 11.9 Å². The van der Waals surface area contributed by atoms with E-state index < -0.39 is 5.60 Å². The van der Waals surface area contributed by atoms with Gasteiger partial charge in [-0.15, -0.1) is 0 Å². The predicted octanol–water partition coefficient (Wildman–Crippen LogP) is 0.546. The van der Waals surface area contributed by atoms with E-state index in [0.717, 1.165) is 6.42 Å². The van der Waals surface area contributed by atoms with Crippen molar-refractivity contribution in [3.63, 3.8) is 0 Å². The third-order valence-corrected chi connectivity index (χ3v) is 2.23. The van der Waals surface area contributed by atoms with E-state index >= 15 is 0 Å². The average molecular weight is 303 g/mol. The van der Waals surface area contributed by atoms with Crippen molar-refractivity contribution in [1.29, 1.82) is 0 Å². The number of ether oxygens (including phenoxy) is 3. The Balaban J connectivity index is 3.70. The van der Waals surface area contributed by atoms with Crippen LogP contribution in [-0.4, -0.2) is 64.6 Å². The van der Waals surface area contributed by atoms with Gasteiger partial charge in [0.2, 0.25) is 0 Å². The first-order valence-electron chi connectivity index (χ1n) is 7.12. The Morgan fingerprint density at radius 1 is 1.14 bits per heavy atom. The molecule has 0 unspecified atom stereocenters. The standard InChI is InChI=1S/C14H29N3O4/c1-14(2,3)21-12(18)11-17-13(15-4)16-7-6-8-20-10-9-19-5/h6-11H2,1-5H3,(H2,15,16,17). The molecule has 0 spiro atoms. The zero-order valence-corrected chi connectivity index (χ0v) is 13.8. The van der Waals surface area contributed by atoms with Crippen LogP contribution in [0.15, 0.2) is 4.99 Å². The maximum Gasteiger partial charge on any atom is 0.325 e. The summed E-state index contributed by atoms with van der Waals surface area (Å²) >= 11 is 0. The predicted molar refractivity (Wildman–Crippen MR) is 82.5 cm³/mol. The molecule has 0 aromatic heterocycles. The first-order valence-corrected chi connectivity index (χ1v) is 7.12. The van der Waals surface area contributed by atoms with Crippen molar-refractivity contribution < 1.29 is 19.0 Å². The molecule has 0 saturated heterocycles. The molecule has 0 radical (unpaired) electrons. The van der Waals surface area contributed by atoms with Gasteiger partial charge in [-0.2, -0.15) is 0 Å². The van der Waals surface area contributed by atoms with E-state index in [4.69, 9.17) is 14.2 Å². The van der Waals surface area contributed by atoms with E-state index in [9.17, 15) is 4.79 Å². The van der Waals surface area contributed by atoms with Crippen LogP contribution in [0, 0.1) is 0 Å². The first kappa shape index (κ1) is 19.7. The number of hydrogen-bond acceptors (Lipinski definition) is 5. The van der Waals surface area contributed by atoms with Gasteiger partial charge < -0.3 is 24.8 Å². The number of aliphatic imine (C=N–C) groups is 1. The van der Waals surface area contributed by atoms with Crippen LogP contribution < -0.4 is 10.6 Å². The van der Waals surface area contributed by atoms with Crippen LogP contribution in [0.5, 0.6) is 0 Å². The number of methoxy groups -OCH3 is 1. The minimum absolute atomic E-state index is 0.0846. The molecule has 0 rings (SSSR count). The van der Waals surface area contributed by atoms with E-state index in [1.165, 1.54) is 0 Å². The fraction of sp³-hybridized carbons (Fsp3) is 0.857. The van der Waals surface area contributed by atoms with Crippen molar-refractivity contribution in [1.82, 2.24) is 10.6 Å². The maximum absolute atomic E-state index is 11.6. The molecular weight excluding hydrogens is 274 g/mol. The van der Waals surface area contributed by atoms with Crippen molar-refractivity contribution in [3.8, 4) is 0 Å². The molecule has 0 aliphatic carbocycles. The lowest BCUT2D eigenvalue weighted by Gasteiger charge is -2.20. The summed E-state index contributed by atoms with van der Waals surface area (Å²) in [5.41, 5.74) is -0.477. The topological polar surface area (TPSA) is 81.2 Å². The van der Waals surface area contributed by atoms with Crippen LogP contribution in [0.1, 0.15) is 27.2 Å². The van der Waals surface area contributed by atoms with Gasteiger partial charge in [0.05, 0.1) is 13.2 Å². The minimum atomic E-state index is -0.477. The fourth-order valence-corrected chi connectivity index (χ4v) is 1.38. The number of rotatable bonds is 9. The molecule has 0 aliphatic heterocycles. The first-order chi connectivity index (χ1) is 9.89. The number of hydrogen-bond donors (Lipinski definition) is 2. The van der Waals surface area contributed by atoms with Crippen LogP contribution in [0.3, 0.4) is 0 Å². The van der Waals surface area contributed by atoms with E-state index in [1.807, 2.05) is 20.8 Å². The van der Waals surface area contributed by atoms with Crippen molar-refractivity contribution in [2.75, 3.05) is 47.1 Å². The minimum Gasteiger partial charge on any atom is -0.459 e. The van der Waals surface area contributed by atoms with Gasteiger partial charge in [-0.25, -0.2) is 0 Å². The van der Waals surface area contributed by atoms with E-state index in [-0.39, 0.29) is 12.5 Å². The number of esters is 1. The van der Waals surface area contributed by atoms with Crippen LogP contribution >= 0.6 is 0 Å². The normalized spacial score (nSPS) is 12.1. The Morgan fingerprint density at radius 3 is 2.43 bits per heavy atom. The quantitative estimate of drug-likeness (QED) is 0.280. The molecule has 124 valence electrons. The number of carbonyl (C=O) groups is 1. The van der Waals surface area contributed by atoms with Crippen LogP contribution in [0.25, 0.3) is 0 Å². The largest absolute Gasteiger partial charge is 0.459 e. The lowest BCUT2D eigenvalue weighted by atomic mass is 10.2. The Morgan fingerprint density at radius 2 is 1.86 bits per heavy atom. The Kier molecular flexibility index (Phi) is 10.6. The van der Waals surface area contributed by atoms with Crippen LogP contribution in [-0.2, 0) is 19.0 Å². The van der Waals surface area contributed by atoms with E-state index in [1.54, 1.807) is 14.2 Å². The van der Waals surface area contributed by atoms with Crippen LogP contribution in [0.2, 0.25) is 0 Å². The second-order valence-corrected chi connectivity index (χ2v) is 5.40. The zero-order chi connectivity index (χ0) is 16.1. The monoisotopic (exact) mass is 303 g/mol. The molecule has 7 heteroatoms. The number of nitrogens with zero attached hydrogens (tertiary/aromatic N) is 1. The third-order valence-electron chi connectivity index (χ3n) is 2.23. The molecule has 0 bridgehead atoms. The summed E-state index contributed by atoms with van der Waals surface area (Å²) in [4.78, 5) is 15.6. The summed E-state index contributed by atoms with van der Waals surface area (Å²) < 4.78 is 15.4. The van der Waals surface area contributed by atoms with Gasteiger partial charge in [-0.3, -0.25) is 9.79 Å². The van der Waals surface area contributed by atoms with Crippen molar-refractivity contribution in [3.05, 3.63) is 0 Å². The summed E-state index contributed by atoms with van der Waals surface area (Å²) in [6.45, 7) is 8.15. The summed E-state index contributed by atoms with van der Waals surface area (Å²) in [5.74, 6) is 0.256. The molecule has 0 aromatic rings.